The van der Waals surface area contributed by atoms with Crippen LogP contribution in [-0.2, 0) is 9.53 Å². The first-order chi connectivity index (χ1) is 6.08. The van der Waals surface area contributed by atoms with E-state index >= 15 is 0 Å². The Morgan fingerprint density at radius 3 is 2.15 bits per heavy atom. The van der Waals surface area contributed by atoms with Crippen LogP contribution in [0.5, 0.6) is 0 Å². The molecule has 0 aromatic heterocycles. The van der Waals surface area contributed by atoms with Crippen LogP contribution in [0.3, 0.4) is 0 Å². The smallest absolute Gasteiger partial charge is 0.311 e. The molecule has 13 heavy (non-hydrogen) atoms. The van der Waals surface area contributed by atoms with Crippen molar-refractivity contribution in [2.45, 2.75) is 27.2 Å². The van der Waals surface area contributed by atoms with E-state index in [9.17, 15) is 4.79 Å². The van der Waals surface area contributed by atoms with Crippen LogP contribution >= 0.6 is 0 Å². The number of esters is 1. The lowest BCUT2D eigenvalue weighted by atomic mass is 10.3. The summed E-state index contributed by atoms with van der Waals surface area (Å²) in [6.45, 7) is 9.63. The molecule has 0 bridgehead atoms. The lowest BCUT2D eigenvalue weighted by Gasteiger charge is -2.31. The Labute approximate surface area is 81.3 Å². The Balaban J connectivity index is 3.78. The lowest BCUT2D eigenvalue weighted by molar-refractivity contribution is -0.905. The van der Waals surface area contributed by atoms with Gasteiger partial charge in [0, 0.05) is 0 Å². The third-order valence-corrected chi connectivity index (χ3v) is 2.69. The van der Waals surface area contributed by atoms with E-state index in [1.54, 1.807) is 0 Å². The molecule has 0 radical (unpaired) electrons. The van der Waals surface area contributed by atoms with Gasteiger partial charge in [0.2, 0.25) is 0 Å². The van der Waals surface area contributed by atoms with Gasteiger partial charge < -0.3 is 9.22 Å². The predicted molar refractivity (Wildman–Crippen MR) is 53.4 cm³/mol. The van der Waals surface area contributed by atoms with Crippen LogP contribution in [0, 0.1) is 0 Å². The summed E-state index contributed by atoms with van der Waals surface area (Å²) >= 11 is 0. The number of hydrogen-bond donors (Lipinski definition) is 0. The average Bonchev–Trinajstić information content (AvgIpc) is 2.15. The lowest BCUT2D eigenvalue weighted by Crippen LogP contribution is -2.45. The van der Waals surface area contributed by atoms with Crippen molar-refractivity contribution in [1.29, 1.82) is 0 Å². The number of hydrogen-bond acceptors (Lipinski definition) is 2. The van der Waals surface area contributed by atoms with E-state index in [0.717, 1.165) is 24.1 Å². The molecule has 0 atom stereocenters. The van der Waals surface area contributed by atoms with Gasteiger partial charge in [0.05, 0.1) is 39.7 Å². The van der Waals surface area contributed by atoms with E-state index in [0.29, 0.717) is 13.0 Å². The molecule has 0 N–H and O–H groups in total. The van der Waals surface area contributed by atoms with Crippen LogP contribution < -0.4 is 0 Å². The van der Waals surface area contributed by atoms with Gasteiger partial charge in [-0.15, -0.1) is 0 Å². The number of carbonyl (C=O) groups is 1. The summed E-state index contributed by atoms with van der Waals surface area (Å²) in [7, 11) is 2.17. The summed E-state index contributed by atoms with van der Waals surface area (Å²) in [5, 5.41) is 0. The average molecular weight is 188 g/mol. The van der Waals surface area contributed by atoms with Crippen LogP contribution in [0.25, 0.3) is 0 Å². The van der Waals surface area contributed by atoms with E-state index in [-0.39, 0.29) is 5.97 Å². The van der Waals surface area contributed by atoms with Gasteiger partial charge in [0.15, 0.2) is 0 Å². The first kappa shape index (κ1) is 12.4. The monoisotopic (exact) mass is 188 g/mol. The Bertz CT molecular complexity index is 153. The molecule has 0 spiro atoms. The normalized spacial score (nSPS) is 11.4. The molecule has 0 saturated heterocycles. The molecule has 78 valence electrons. The zero-order valence-corrected chi connectivity index (χ0v) is 9.30. The van der Waals surface area contributed by atoms with Gasteiger partial charge in [-0.25, -0.2) is 0 Å². The molecular weight excluding hydrogens is 166 g/mol. The standard InChI is InChI=1S/C10H22NO2/c1-5-11(4,6-2)9-8-10(12)13-7-3/h5-9H2,1-4H3/q+1. The molecule has 0 aliphatic rings. The van der Waals surface area contributed by atoms with E-state index in [2.05, 4.69) is 20.9 Å². The molecule has 0 fully saturated rings. The van der Waals surface area contributed by atoms with Crippen LogP contribution in [0.2, 0.25) is 0 Å². The first-order valence-electron chi connectivity index (χ1n) is 5.07. The van der Waals surface area contributed by atoms with Crippen LogP contribution in [0.15, 0.2) is 0 Å². The zero-order valence-electron chi connectivity index (χ0n) is 9.30. The van der Waals surface area contributed by atoms with Crippen molar-refractivity contribution in [3.8, 4) is 0 Å². The Kier molecular flexibility index (Phi) is 5.71. The summed E-state index contributed by atoms with van der Waals surface area (Å²) in [4.78, 5) is 11.1. The maximum atomic E-state index is 11.1. The summed E-state index contributed by atoms with van der Waals surface area (Å²) in [6, 6.07) is 0. The molecule has 0 aliphatic carbocycles. The fourth-order valence-electron chi connectivity index (χ4n) is 1.13. The van der Waals surface area contributed by atoms with Gasteiger partial charge >= 0.3 is 5.97 Å². The molecule has 0 aliphatic heterocycles. The highest BCUT2D eigenvalue weighted by molar-refractivity contribution is 5.69. The van der Waals surface area contributed by atoms with Gasteiger partial charge in [0.25, 0.3) is 0 Å². The Morgan fingerprint density at radius 1 is 1.23 bits per heavy atom. The van der Waals surface area contributed by atoms with Crippen molar-refractivity contribution in [2.24, 2.45) is 0 Å². The highest BCUT2D eigenvalue weighted by atomic mass is 16.5. The zero-order chi connectivity index (χ0) is 10.3. The molecule has 3 heteroatoms. The fraction of sp³-hybridized carbons (Fsp3) is 0.900. The number of quaternary nitrogens is 1. The van der Waals surface area contributed by atoms with E-state index in [1.165, 1.54) is 0 Å². The Morgan fingerprint density at radius 2 is 1.77 bits per heavy atom. The maximum Gasteiger partial charge on any atom is 0.311 e. The van der Waals surface area contributed by atoms with Gasteiger partial charge in [-0.1, -0.05) is 0 Å². The van der Waals surface area contributed by atoms with E-state index < -0.39 is 0 Å². The van der Waals surface area contributed by atoms with Crippen LogP contribution in [-0.4, -0.2) is 43.7 Å². The second-order valence-corrected chi connectivity index (χ2v) is 3.53. The van der Waals surface area contributed by atoms with Gasteiger partial charge in [0.1, 0.15) is 0 Å². The molecule has 0 saturated carbocycles. The van der Waals surface area contributed by atoms with Crippen molar-refractivity contribution in [1.82, 2.24) is 0 Å². The topological polar surface area (TPSA) is 26.3 Å². The summed E-state index contributed by atoms with van der Waals surface area (Å²) < 4.78 is 5.82. The summed E-state index contributed by atoms with van der Waals surface area (Å²) in [5.74, 6) is -0.0752. The molecular formula is C10H22NO2+. The van der Waals surface area contributed by atoms with Crippen molar-refractivity contribution < 1.29 is 14.0 Å². The van der Waals surface area contributed by atoms with E-state index in [4.69, 9.17) is 4.74 Å². The molecule has 0 aromatic carbocycles. The van der Waals surface area contributed by atoms with Crippen LogP contribution in [0.4, 0.5) is 0 Å². The number of rotatable bonds is 6. The third kappa shape index (κ3) is 4.88. The number of ether oxygens (including phenoxy) is 1. The summed E-state index contributed by atoms with van der Waals surface area (Å²) in [6.07, 6.45) is 0.534. The minimum atomic E-state index is -0.0752. The molecule has 0 heterocycles. The largest absolute Gasteiger partial charge is 0.466 e. The first-order valence-corrected chi connectivity index (χ1v) is 5.07. The SMILES string of the molecule is CCOC(=O)CC[N+](C)(CC)CC. The van der Waals surface area contributed by atoms with Crippen molar-refractivity contribution >= 4 is 5.97 Å². The highest BCUT2D eigenvalue weighted by Gasteiger charge is 2.18. The highest BCUT2D eigenvalue weighted by Crippen LogP contribution is 2.03. The number of carbonyl (C=O) groups excluding carboxylic acids is 1. The molecule has 0 amide bonds. The molecule has 0 rings (SSSR count). The quantitative estimate of drug-likeness (QED) is 0.465. The second kappa shape index (κ2) is 5.97. The van der Waals surface area contributed by atoms with Gasteiger partial charge in [-0.3, -0.25) is 4.79 Å². The van der Waals surface area contributed by atoms with Gasteiger partial charge in [-0.2, -0.15) is 0 Å². The molecule has 3 nitrogen and oxygen atoms in total. The van der Waals surface area contributed by atoms with Crippen LogP contribution in [0.1, 0.15) is 27.2 Å². The second-order valence-electron chi connectivity index (χ2n) is 3.53. The molecule has 0 aromatic rings. The van der Waals surface area contributed by atoms with Crippen molar-refractivity contribution in [3.63, 3.8) is 0 Å². The minimum absolute atomic E-state index is 0.0752. The molecule has 0 unspecified atom stereocenters. The number of nitrogens with zero attached hydrogens (tertiary/aromatic N) is 1. The van der Waals surface area contributed by atoms with Gasteiger partial charge in [-0.05, 0) is 20.8 Å². The maximum absolute atomic E-state index is 11.1. The predicted octanol–water partition coefficient (Wildman–Crippen LogP) is 1.43. The van der Waals surface area contributed by atoms with Crippen molar-refractivity contribution in [2.75, 3.05) is 33.3 Å². The third-order valence-electron chi connectivity index (χ3n) is 2.69. The Hall–Kier alpha value is -0.570. The van der Waals surface area contributed by atoms with E-state index in [1.807, 2.05) is 6.92 Å². The van der Waals surface area contributed by atoms with Crippen molar-refractivity contribution in [3.05, 3.63) is 0 Å². The fourth-order valence-corrected chi connectivity index (χ4v) is 1.13. The minimum Gasteiger partial charge on any atom is -0.466 e. The summed E-state index contributed by atoms with van der Waals surface area (Å²) in [5.41, 5.74) is 0.